The number of hydrogen-bond donors (Lipinski definition) is 0. The predicted molar refractivity (Wildman–Crippen MR) is 62.1 cm³/mol. The summed E-state index contributed by atoms with van der Waals surface area (Å²) >= 11 is 0. The average molecular weight is 206 g/mol. The van der Waals surface area contributed by atoms with Crippen molar-refractivity contribution in [3.63, 3.8) is 0 Å². The standard InChI is InChI=1S/C13H18O2/c1-3-5-10-15-13-8-6-12(7-9-13)11-14-4-2/h3,6-9H,1,4-5,10-11H2,2H3. The molecule has 0 radical (unpaired) electrons. The molecular weight excluding hydrogens is 188 g/mol. The highest BCUT2D eigenvalue weighted by Gasteiger charge is 1.94. The molecule has 0 spiro atoms. The van der Waals surface area contributed by atoms with Crippen molar-refractivity contribution < 1.29 is 9.47 Å². The van der Waals surface area contributed by atoms with E-state index in [1.54, 1.807) is 0 Å². The van der Waals surface area contributed by atoms with Crippen LogP contribution in [0.15, 0.2) is 36.9 Å². The van der Waals surface area contributed by atoms with Gasteiger partial charge in [-0.3, -0.25) is 0 Å². The van der Waals surface area contributed by atoms with Gasteiger partial charge in [-0.05, 0) is 31.0 Å². The minimum atomic E-state index is 0.670. The average Bonchev–Trinajstić information content (AvgIpc) is 2.28. The molecule has 0 bridgehead atoms. The Hall–Kier alpha value is -1.28. The van der Waals surface area contributed by atoms with Crippen LogP contribution in [-0.4, -0.2) is 13.2 Å². The van der Waals surface area contributed by atoms with Crippen LogP contribution in [0.4, 0.5) is 0 Å². The maximum Gasteiger partial charge on any atom is 0.119 e. The van der Waals surface area contributed by atoms with Gasteiger partial charge in [0.05, 0.1) is 13.2 Å². The van der Waals surface area contributed by atoms with Crippen molar-refractivity contribution >= 4 is 0 Å². The van der Waals surface area contributed by atoms with Gasteiger partial charge < -0.3 is 9.47 Å². The lowest BCUT2D eigenvalue weighted by atomic mass is 10.2. The summed E-state index contributed by atoms with van der Waals surface area (Å²) in [4.78, 5) is 0. The van der Waals surface area contributed by atoms with Crippen molar-refractivity contribution in [3.05, 3.63) is 42.5 Å². The van der Waals surface area contributed by atoms with Gasteiger partial charge in [0.15, 0.2) is 0 Å². The summed E-state index contributed by atoms with van der Waals surface area (Å²) in [6.45, 7) is 7.74. The van der Waals surface area contributed by atoms with E-state index in [4.69, 9.17) is 9.47 Å². The SMILES string of the molecule is C=CCCOc1ccc(COCC)cc1. The highest BCUT2D eigenvalue weighted by atomic mass is 16.5. The number of benzene rings is 1. The summed E-state index contributed by atoms with van der Waals surface area (Å²) in [5.74, 6) is 0.900. The molecule has 1 aromatic rings. The first-order valence-corrected chi connectivity index (χ1v) is 5.27. The molecule has 0 aliphatic carbocycles. The molecule has 2 heteroatoms. The normalized spacial score (nSPS) is 9.93. The summed E-state index contributed by atoms with van der Waals surface area (Å²) < 4.78 is 10.8. The van der Waals surface area contributed by atoms with E-state index in [1.807, 2.05) is 37.3 Å². The number of ether oxygens (including phenoxy) is 2. The zero-order valence-corrected chi connectivity index (χ0v) is 9.24. The third-order valence-corrected chi connectivity index (χ3v) is 1.99. The van der Waals surface area contributed by atoms with Crippen LogP contribution < -0.4 is 4.74 Å². The zero-order chi connectivity index (χ0) is 10.9. The smallest absolute Gasteiger partial charge is 0.119 e. The molecule has 0 unspecified atom stereocenters. The van der Waals surface area contributed by atoms with Crippen LogP contribution in [0, 0.1) is 0 Å². The molecule has 0 aliphatic rings. The van der Waals surface area contributed by atoms with Crippen LogP contribution in [0.2, 0.25) is 0 Å². The van der Waals surface area contributed by atoms with Crippen molar-refractivity contribution in [2.24, 2.45) is 0 Å². The minimum Gasteiger partial charge on any atom is -0.493 e. The molecule has 0 fully saturated rings. The van der Waals surface area contributed by atoms with E-state index in [2.05, 4.69) is 6.58 Å². The fourth-order valence-electron chi connectivity index (χ4n) is 1.16. The van der Waals surface area contributed by atoms with Gasteiger partial charge in [-0.15, -0.1) is 6.58 Å². The van der Waals surface area contributed by atoms with Crippen molar-refractivity contribution in [1.29, 1.82) is 0 Å². The topological polar surface area (TPSA) is 18.5 Å². The van der Waals surface area contributed by atoms with E-state index in [-0.39, 0.29) is 0 Å². The molecule has 0 amide bonds. The number of rotatable bonds is 7. The second-order valence-electron chi connectivity index (χ2n) is 3.21. The van der Waals surface area contributed by atoms with E-state index in [1.165, 1.54) is 5.56 Å². The molecule has 82 valence electrons. The fraction of sp³-hybridized carbons (Fsp3) is 0.385. The van der Waals surface area contributed by atoms with Gasteiger partial charge in [0.1, 0.15) is 5.75 Å². The lowest BCUT2D eigenvalue weighted by molar-refractivity contribution is 0.134. The summed E-state index contributed by atoms with van der Waals surface area (Å²) in [5, 5.41) is 0. The van der Waals surface area contributed by atoms with Crippen molar-refractivity contribution in [2.45, 2.75) is 20.0 Å². The van der Waals surface area contributed by atoms with E-state index in [9.17, 15) is 0 Å². The Balaban J connectivity index is 2.38. The first-order chi connectivity index (χ1) is 7.36. The second kappa shape index (κ2) is 7.07. The van der Waals surface area contributed by atoms with E-state index in [0.717, 1.165) is 18.8 Å². The molecule has 15 heavy (non-hydrogen) atoms. The first kappa shape index (κ1) is 11.8. The van der Waals surface area contributed by atoms with Crippen LogP contribution in [0.5, 0.6) is 5.75 Å². The van der Waals surface area contributed by atoms with Gasteiger partial charge >= 0.3 is 0 Å². The Labute approximate surface area is 91.5 Å². The Morgan fingerprint density at radius 3 is 2.60 bits per heavy atom. The maximum atomic E-state index is 5.49. The lowest BCUT2D eigenvalue weighted by Crippen LogP contribution is -1.96. The van der Waals surface area contributed by atoms with Gasteiger partial charge in [-0.1, -0.05) is 18.2 Å². The van der Waals surface area contributed by atoms with Crippen molar-refractivity contribution in [1.82, 2.24) is 0 Å². The molecule has 1 aromatic carbocycles. The molecule has 0 aromatic heterocycles. The lowest BCUT2D eigenvalue weighted by Gasteiger charge is -2.06. The fourth-order valence-corrected chi connectivity index (χ4v) is 1.16. The molecule has 0 aliphatic heterocycles. The summed E-state index contributed by atoms with van der Waals surface area (Å²) in [6.07, 6.45) is 2.73. The highest BCUT2D eigenvalue weighted by Crippen LogP contribution is 2.13. The monoisotopic (exact) mass is 206 g/mol. The molecule has 0 heterocycles. The van der Waals surface area contributed by atoms with Gasteiger partial charge in [0.25, 0.3) is 0 Å². The van der Waals surface area contributed by atoms with Crippen LogP contribution in [0.1, 0.15) is 18.9 Å². The molecule has 1 rings (SSSR count). The molecule has 0 saturated heterocycles. The van der Waals surface area contributed by atoms with E-state index >= 15 is 0 Å². The van der Waals surface area contributed by atoms with Gasteiger partial charge in [0, 0.05) is 6.61 Å². The summed E-state index contributed by atoms with van der Waals surface area (Å²) in [6, 6.07) is 7.99. The Morgan fingerprint density at radius 2 is 2.00 bits per heavy atom. The highest BCUT2D eigenvalue weighted by molar-refractivity contribution is 5.26. The maximum absolute atomic E-state index is 5.49. The quantitative estimate of drug-likeness (QED) is 0.504. The van der Waals surface area contributed by atoms with Gasteiger partial charge in [0.2, 0.25) is 0 Å². The van der Waals surface area contributed by atoms with Gasteiger partial charge in [-0.25, -0.2) is 0 Å². The molecule has 0 atom stereocenters. The first-order valence-electron chi connectivity index (χ1n) is 5.27. The van der Waals surface area contributed by atoms with Crippen LogP contribution >= 0.6 is 0 Å². The van der Waals surface area contributed by atoms with Crippen LogP contribution in [0.25, 0.3) is 0 Å². The van der Waals surface area contributed by atoms with Gasteiger partial charge in [-0.2, -0.15) is 0 Å². The second-order valence-corrected chi connectivity index (χ2v) is 3.21. The molecule has 0 N–H and O–H groups in total. The molecular formula is C13H18O2. The van der Waals surface area contributed by atoms with E-state index < -0.39 is 0 Å². The Morgan fingerprint density at radius 1 is 1.27 bits per heavy atom. The largest absolute Gasteiger partial charge is 0.493 e. The zero-order valence-electron chi connectivity index (χ0n) is 9.24. The van der Waals surface area contributed by atoms with Crippen molar-refractivity contribution in [3.8, 4) is 5.75 Å². The predicted octanol–water partition coefficient (Wildman–Crippen LogP) is 3.18. The van der Waals surface area contributed by atoms with E-state index in [0.29, 0.717) is 13.2 Å². The summed E-state index contributed by atoms with van der Waals surface area (Å²) in [5.41, 5.74) is 1.17. The Kier molecular flexibility index (Phi) is 5.56. The summed E-state index contributed by atoms with van der Waals surface area (Å²) in [7, 11) is 0. The number of hydrogen-bond acceptors (Lipinski definition) is 2. The Bertz CT molecular complexity index is 277. The molecule has 2 nitrogen and oxygen atoms in total. The molecule has 0 saturated carbocycles. The van der Waals surface area contributed by atoms with Crippen LogP contribution in [-0.2, 0) is 11.3 Å². The van der Waals surface area contributed by atoms with Crippen LogP contribution in [0.3, 0.4) is 0 Å². The third-order valence-electron chi connectivity index (χ3n) is 1.99. The third kappa shape index (κ3) is 4.66. The minimum absolute atomic E-state index is 0.670. The van der Waals surface area contributed by atoms with Crippen molar-refractivity contribution in [2.75, 3.05) is 13.2 Å².